The molecule has 0 aliphatic carbocycles. The van der Waals surface area contributed by atoms with Crippen LogP contribution in [0.2, 0.25) is 0 Å². The monoisotopic (exact) mass is 357 g/mol. The third-order valence-electron chi connectivity index (χ3n) is 4.30. The normalized spacial score (nSPS) is 10.7. The van der Waals surface area contributed by atoms with Crippen LogP contribution in [0.4, 0.5) is 11.4 Å². The topological polar surface area (TPSA) is 62.5 Å². The zero-order valence-electron chi connectivity index (χ0n) is 15.1. The molecule has 6 heteroatoms. The Morgan fingerprint density at radius 2 is 1.89 bits per heavy atom. The van der Waals surface area contributed by atoms with E-state index in [1.807, 2.05) is 90.4 Å². The van der Waals surface area contributed by atoms with E-state index in [1.54, 1.807) is 6.20 Å². The molecule has 2 heterocycles. The van der Waals surface area contributed by atoms with Crippen LogP contribution in [-0.2, 0) is 0 Å². The number of anilines is 2. The largest absolute Gasteiger partial charge is 0.378 e. The van der Waals surface area contributed by atoms with Gasteiger partial charge in [-0.3, -0.25) is 9.20 Å². The van der Waals surface area contributed by atoms with Crippen LogP contribution < -0.4 is 10.2 Å². The lowest BCUT2D eigenvalue weighted by molar-refractivity contribution is 0.102. The molecule has 0 radical (unpaired) electrons. The molecule has 0 unspecified atom stereocenters. The number of nitrogens with zero attached hydrogens (tertiary/aromatic N) is 4. The molecular weight excluding hydrogens is 338 g/mol. The van der Waals surface area contributed by atoms with E-state index >= 15 is 0 Å². The molecule has 4 aromatic rings. The molecule has 27 heavy (non-hydrogen) atoms. The van der Waals surface area contributed by atoms with Gasteiger partial charge in [-0.25, -0.2) is 9.97 Å². The number of imidazole rings is 1. The highest BCUT2D eigenvalue weighted by molar-refractivity contribution is 6.04. The Kier molecular flexibility index (Phi) is 4.30. The number of nitrogens with one attached hydrogen (secondary N) is 1. The zero-order valence-corrected chi connectivity index (χ0v) is 15.1. The maximum atomic E-state index is 12.5. The van der Waals surface area contributed by atoms with Gasteiger partial charge in [0, 0.05) is 55.2 Å². The molecule has 0 fully saturated rings. The first-order valence-corrected chi connectivity index (χ1v) is 8.59. The lowest BCUT2D eigenvalue weighted by Crippen LogP contribution is -2.13. The van der Waals surface area contributed by atoms with E-state index in [0.717, 1.165) is 22.6 Å². The fourth-order valence-electron chi connectivity index (χ4n) is 2.84. The van der Waals surface area contributed by atoms with Crippen molar-refractivity contribution in [1.82, 2.24) is 14.4 Å². The van der Waals surface area contributed by atoms with Crippen molar-refractivity contribution in [3.05, 3.63) is 78.8 Å². The Morgan fingerprint density at radius 1 is 1.07 bits per heavy atom. The molecule has 0 saturated heterocycles. The van der Waals surface area contributed by atoms with Gasteiger partial charge in [0.25, 0.3) is 5.91 Å². The third-order valence-corrected chi connectivity index (χ3v) is 4.30. The highest BCUT2D eigenvalue weighted by Gasteiger charge is 2.09. The summed E-state index contributed by atoms with van der Waals surface area (Å²) in [4.78, 5) is 23.3. The summed E-state index contributed by atoms with van der Waals surface area (Å²) in [7, 11) is 3.94. The molecule has 134 valence electrons. The van der Waals surface area contributed by atoms with E-state index in [9.17, 15) is 4.79 Å². The smallest absolute Gasteiger partial charge is 0.255 e. The Labute approximate surface area is 157 Å². The maximum absolute atomic E-state index is 12.5. The summed E-state index contributed by atoms with van der Waals surface area (Å²) in [6.45, 7) is 0. The van der Waals surface area contributed by atoms with E-state index < -0.39 is 0 Å². The van der Waals surface area contributed by atoms with Gasteiger partial charge in [-0.15, -0.1) is 0 Å². The van der Waals surface area contributed by atoms with E-state index in [-0.39, 0.29) is 5.91 Å². The second-order valence-electron chi connectivity index (χ2n) is 6.43. The van der Waals surface area contributed by atoms with Crippen molar-refractivity contribution >= 4 is 23.1 Å². The number of hydrogen-bond acceptors (Lipinski definition) is 4. The molecule has 0 aliphatic heterocycles. The molecular formula is C21H19N5O. The first-order chi connectivity index (χ1) is 13.1. The second kappa shape index (κ2) is 6.92. The standard InChI is InChI=1S/C21H19N5O/c1-25(2)18-9-7-15(8-10-18)20(27)23-17-6-3-5-16(13-17)19-14-26-12-4-11-22-21(26)24-19/h3-14H,1-2H3,(H,23,27). The number of carbonyl (C=O) groups is 1. The molecule has 2 aromatic heterocycles. The van der Waals surface area contributed by atoms with Gasteiger partial charge in [0.2, 0.25) is 5.78 Å². The summed E-state index contributed by atoms with van der Waals surface area (Å²) in [5.74, 6) is 0.497. The lowest BCUT2D eigenvalue weighted by Gasteiger charge is -2.12. The van der Waals surface area contributed by atoms with Crippen molar-refractivity contribution in [1.29, 1.82) is 0 Å². The van der Waals surface area contributed by atoms with Crippen molar-refractivity contribution in [2.75, 3.05) is 24.3 Å². The second-order valence-corrected chi connectivity index (χ2v) is 6.43. The molecule has 0 aliphatic rings. The lowest BCUT2D eigenvalue weighted by atomic mass is 10.1. The van der Waals surface area contributed by atoms with Gasteiger partial charge in [0.1, 0.15) is 0 Å². The Hall–Kier alpha value is -3.67. The summed E-state index contributed by atoms with van der Waals surface area (Å²) in [5, 5.41) is 2.95. The Bertz CT molecular complexity index is 1070. The minimum absolute atomic E-state index is 0.144. The number of fused-ring (bicyclic) bond motifs is 1. The molecule has 2 aromatic carbocycles. The zero-order chi connectivity index (χ0) is 18.8. The van der Waals surface area contributed by atoms with Crippen molar-refractivity contribution in [3.63, 3.8) is 0 Å². The van der Waals surface area contributed by atoms with Gasteiger partial charge in [-0.2, -0.15) is 0 Å². The number of carbonyl (C=O) groups excluding carboxylic acids is 1. The van der Waals surface area contributed by atoms with Crippen LogP contribution in [0.1, 0.15) is 10.4 Å². The summed E-state index contributed by atoms with van der Waals surface area (Å²) >= 11 is 0. The molecule has 0 saturated carbocycles. The van der Waals surface area contributed by atoms with Crippen molar-refractivity contribution in [3.8, 4) is 11.3 Å². The first-order valence-electron chi connectivity index (χ1n) is 8.59. The first kappa shape index (κ1) is 16.8. The van der Waals surface area contributed by atoms with Gasteiger partial charge >= 0.3 is 0 Å². The molecule has 1 N–H and O–H groups in total. The van der Waals surface area contributed by atoms with Gasteiger partial charge in [0.15, 0.2) is 0 Å². The van der Waals surface area contributed by atoms with E-state index in [0.29, 0.717) is 11.3 Å². The molecule has 6 nitrogen and oxygen atoms in total. The van der Waals surface area contributed by atoms with Crippen LogP contribution in [0.25, 0.3) is 17.0 Å². The quantitative estimate of drug-likeness (QED) is 0.605. The number of benzene rings is 2. The highest BCUT2D eigenvalue weighted by Crippen LogP contribution is 2.22. The summed E-state index contributed by atoms with van der Waals surface area (Å²) in [6.07, 6.45) is 5.54. The number of rotatable bonds is 4. The minimum atomic E-state index is -0.144. The summed E-state index contributed by atoms with van der Waals surface area (Å²) in [6, 6.07) is 17.0. The average molecular weight is 357 g/mol. The van der Waals surface area contributed by atoms with E-state index in [1.165, 1.54) is 0 Å². The molecule has 0 atom stereocenters. The Balaban J connectivity index is 1.56. The van der Waals surface area contributed by atoms with E-state index in [2.05, 4.69) is 15.3 Å². The predicted molar refractivity (Wildman–Crippen MR) is 107 cm³/mol. The molecule has 0 spiro atoms. The molecule has 1 amide bonds. The SMILES string of the molecule is CN(C)c1ccc(C(=O)Nc2cccc(-c3cn4cccnc4n3)c2)cc1. The minimum Gasteiger partial charge on any atom is -0.378 e. The molecule has 4 rings (SSSR count). The fraction of sp³-hybridized carbons (Fsp3) is 0.0952. The van der Waals surface area contributed by atoms with Gasteiger partial charge in [0.05, 0.1) is 5.69 Å². The Morgan fingerprint density at radius 3 is 2.63 bits per heavy atom. The van der Waals surface area contributed by atoms with Gasteiger partial charge in [-0.1, -0.05) is 12.1 Å². The van der Waals surface area contributed by atoms with Crippen LogP contribution in [-0.4, -0.2) is 34.4 Å². The summed E-state index contributed by atoms with van der Waals surface area (Å²) < 4.78 is 1.87. The maximum Gasteiger partial charge on any atom is 0.255 e. The van der Waals surface area contributed by atoms with Crippen molar-refractivity contribution < 1.29 is 4.79 Å². The van der Waals surface area contributed by atoms with Crippen LogP contribution in [0.15, 0.2) is 73.2 Å². The molecule has 0 bridgehead atoms. The summed E-state index contributed by atoms with van der Waals surface area (Å²) in [5.41, 5.74) is 4.11. The van der Waals surface area contributed by atoms with Crippen LogP contribution in [0, 0.1) is 0 Å². The average Bonchev–Trinajstić information content (AvgIpc) is 3.12. The van der Waals surface area contributed by atoms with Gasteiger partial charge < -0.3 is 10.2 Å². The predicted octanol–water partition coefficient (Wildman–Crippen LogP) is 3.71. The van der Waals surface area contributed by atoms with Crippen molar-refractivity contribution in [2.45, 2.75) is 0 Å². The van der Waals surface area contributed by atoms with Crippen LogP contribution in [0.5, 0.6) is 0 Å². The fourth-order valence-corrected chi connectivity index (χ4v) is 2.84. The van der Waals surface area contributed by atoms with Crippen LogP contribution in [0.3, 0.4) is 0 Å². The highest BCUT2D eigenvalue weighted by atomic mass is 16.1. The number of hydrogen-bond donors (Lipinski definition) is 1. The number of amides is 1. The number of aromatic nitrogens is 3. The van der Waals surface area contributed by atoms with Crippen LogP contribution >= 0.6 is 0 Å². The third kappa shape index (κ3) is 3.50. The van der Waals surface area contributed by atoms with Gasteiger partial charge in [-0.05, 0) is 42.5 Å². The van der Waals surface area contributed by atoms with E-state index in [4.69, 9.17) is 0 Å². The van der Waals surface area contributed by atoms with Crippen molar-refractivity contribution in [2.24, 2.45) is 0 Å².